The summed E-state index contributed by atoms with van der Waals surface area (Å²) < 4.78 is 0. The monoisotopic (exact) mass is 536 g/mol. The first kappa shape index (κ1) is 28.4. The number of nitrogens with zero attached hydrogens (tertiary/aromatic N) is 2. The molecule has 212 valence electrons. The smallest absolute Gasteiger partial charge is 0.0691 e. The molecule has 1 aromatic heterocycles. The van der Waals surface area contributed by atoms with Crippen LogP contribution in [0.15, 0.2) is 74.7 Å². The first-order chi connectivity index (χ1) is 19.5. The lowest BCUT2D eigenvalue weighted by Gasteiger charge is -2.28. The van der Waals surface area contributed by atoms with Crippen LogP contribution in [0.3, 0.4) is 0 Å². The van der Waals surface area contributed by atoms with E-state index in [4.69, 9.17) is 9.98 Å². The quantitative estimate of drug-likeness (QED) is 0.283. The van der Waals surface area contributed by atoms with Crippen LogP contribution in [0.4, 0.5) is 0 Å². The van der Waals surface area contributed by atoms with Gasteiger partial charge in [-0.15, -0.1) is 0 Å². The van der Waals surface area contributed by atoms with E-state index in [9.17, 15) is 0 Å². The number of nitrogens with one attached hydrogen (secondary N) is 2. The standard InChI is InChI=1S/C36H48N4/c1-5-9-13-26-19-31-21-29-16-17-30(37-29)22-33-27(14-10-6-2)20-32(39-33)25-36(18-12-8-4)24-28(15-11-7-3)35(40-36)23-34(26)38-31/h16-17,19-23,25,38,40H,5-15,18,24H2,1-4H3/b30-22-,31-21-,32-25-,34-23-. The molecule has 0 fully saturated rings. The number of rotatable bonds is 12. The van der Waals surface area contributed by atoms with Crippen molar-refractivity contribution in [3.05, 3.63) is 80.9 Å². The molecule has 8 bridgehead atoms. The van der Waals surface area contributed by atoms with Gasteiger partial charge >= 0.3 is 0 Å². The van der Waals surface area contributed by atoms with Crippen molar-refractivity contribution in [3.8, 4) is 0 Å². The van der Waals surface area contributed by atoms with E-state index >= 15 is 0 Å². The van der Waals surface area contributed by atoms with Gasteiger partial charge in [0, 0.05) is 16.4 Å². The zero-order valence-electron chi connectivity index (χ0n) is 25.2. The lowest BCUT2D eigenvalue weighted by atomic mass is 9.86. The molecule has 0 saturated heterocycles. The summed E-state index contributed by atoms with van der Waals surface area (Å²) in [6.45, 7) is 9.13. The maximum absolute atomic E-state index is 5.21. The number of aryl methyl sites for hydroxylation is 1. The molecule has 5 rings (SSSR count). The Morgan fingerprint density at radius 3 is 2.35 bits per heavy atom. The van der Waals surface area contributed by atoms with Crippen LogP contribution in [-0.4, -0.2) is 21.9 Å². The predicted octanol–water partition coefficient (Wildman–Crippen LogP) is 7.65. The summed E-state index contributed by atoms with van der Waals surface area (Å²) in [7, 11) is 0. The van der Waals surface area contributed by atoms with Crippen molar-refractivity contribution >= 4 is 23.6 Å². The van der Waals surface area contributed by atoms with Crippen LogP contribution in [-0.2, 0) is 6.42 Å². The fraction of sp³-hybridized carbons (Fsp3) is 0.500. The number of aromatic amines is 1. The van der Waals surface area contributed by atoms with E-state index in [0.717, 1.165) is 60.3 Å². The fourth-order valence-corrected chi connectivity index (χ4v) is 6.29. The van der Waals surface area contributed by atoms with Gasteiger partial charge in [0.15, 0.2) is 0 Å². The van der Waals surface area contributed by atoms with E-state index in [0.29, 0.717) is 0 Å². The molecule has 4 aliphatic heterocycles. The highest BCUT2D eigenvalue weighted by Crippen LogP contribution is 2.38. The molecule has 40 heavy (non-hydrogen) atoms. The molecule has 4 heteroatoms. The number of allylic oxidation sites excluding steroid dienone is 6. The Morgan fingerprint density at radius 2 is 1.55 bits per heavy atom. The fourth-order valence-electron chi connectivity index (χ4n) is 6.29. The molecule has 0 saturated carbocycles. The van der Waals surface area contributed by atoms with Crippen LogP contribution in [0.1, 0.15) is 110 Å². The Hall–Kier alpha value is -3.14. The SMILES string of the molecule is CCCCC1=C/C2=C/C3(CCCC)CC(CCCC)=C(/C=c4\[nH]/c(cc4CCCC)=C\C4=NC(=C\C1=N2)/C=C4)N3. The average molecular weight is 537 g/mol. The van der Waals surface area contributed by atoms with E-state index in [2.05, 4.69) is 86.6 Å². The molecule has 2 N–H and O–H groups in total. The summed E-state index contributed by atoms with van der Waals surface area (Å²) >= 11 is 0. The third-order valence-corrected chi connectivity index (χ3v) is 8.54. The van der Waals surface area contributed by atoms with E-state index in [1.165, 1.54) is 73.5 Å². The zero-order chi connectivity index (χ0) is 28.0. The van der Waals surface area contributed by atoms with E-state index in [-0.39, 0.29) is 5.54 Å². The molecule has 1 aromatic rings. The molecular formula is C36H48N4. The van der Waals surface area contributed by atoms with Gasteiger partial charge < -0.3 is 10.3 Å². The van der Waals surface area contributed by atoms with Crippen LogP contribution in [0.2, 0.25) is 0 Å². The van der Waals surface area contributed by atoms with Crippen LogP contribution in [0.25, 0.3) is 12.2 Å². The van der Waals surface area contributed by atoms with Crippen molar-refractivity contribution in [2.45, 2.75) is 117 Å². The molecule has 5 heterocycles. The van der Waals surface area contributed by atoms with Crippen molar-refractivity contribution in [2.24, 2.45) is 9.98 Å². The first-order valence-corrected chi connectivity index (χ1v) is 16.0. The largest absolute Gasteiger partial charge is 0.376 e. The van der Waals surface area contributed by atoms with Crippen LogP contribution < -0.4 is 16.0 Å². The summed E-state index contributed by atoms with van der Waals surface area (Å²) in [5.74, 6) is 0. The number of hydrogen-bond acceptors (Lipinski definition) is 3. The number of fused-ring (bicyclic) bond motifs is 6. The molecule has 1 unspecified atom stereocenters. The summed E-state index contributed by atoms with van der Waals surface area (Å²) in [5, 5.41) is 6.47. The number of aromatic nitrogens is 1. The molecule has 4 aliphatic rings. The van der Waals surface area contributed by atoms with Gasteiger partial charge in [-0.3, -0.25) is 0 Å². The van der Waals surface area contributed by atoms with Crippen molar-refractivity contribution in [2.75, 3.05) is 0 Å². The average Bonchev–Trinajstić information content (AvgIpc) is 3.71. The van der Waals surface area contributed by atoms with Gasteiger partial charge in [0.05, 0.1) is 28.4 Å². The third-order valence-electron chi connectivity index (χ3n) is 8.54. The second kappa shape index (κ2) is 13.0. The normalized spacial score (nSPS) is 25.6. The highest BCUT2D eigenvalue weighted by Gasteiger charge is 2.36. The number of aliphatic imine (C=N–C) groups is 2. The zero-order valence-corrected chi connectivity index (χ0v) is 25.2. The number of H-pyrrole nitrogens is 1. The van der Waals surface area contributed by atoms with Crippen molar-refractivity contribution in [3.63, 3.8) is 0 Å². The number of hydrogen-bond donors (Lipinski definition) is 2. The minimum atomic E-state index is -0.0977. The molecule has 0 aromatic carbocycles. The Kier molecular flexibility index (Phi) is 9.24. The molecule has 0 radical (unpaired) electrons. The Bertz CT molecular complexity index is 1440. The maximum Gasteiger partial charge on any atom is 0.0691 e. The summed E-state index contributed by atoms with van der Waals surface area (Å²) in [6.07, 6.45) is 30.9. The van der Waals surface area contributed by atoms with Gasteiger partial charge in [0.2, 0.25) is 0 Å². The summed E-state index contributed by atoms with van der Waals surface area (Å²) in [6, 6.07) is 2.34. The van der Waals surface area contributed by atoms with Gasteiger partial charge in [-0.2, -0.15) is 0 Å². The molecule has 0 aliphatic carbocycles. The van der Waals surface area contributed by atoms with Gasteiger partial charge in [-0.25, -0.2) is 9.98 Å². The molecule has 4 nitrogen and oxygen atoms in total. The molecule has 0 amide bonds. The van der Waals surface area contributed by atoms with Gasteiger partial charge in [-0.1, -0.05) is 59.8 Å². The van der Waals surface area contributed by atoms with Gasteiger partial charge in [0.25, 0.3) is 0 Å². The van der Waals surface area contributed by atoms with Crippen LogP contribution in [0, 0.1) is 0 Å². The second-order valence-corrected chi connectivity index (χ2v) is 12.0. The highest BCUT2D eigenvalue weighted by molar-refractivity contribution is 6.20. The maximum atomic E-state index is 5.21. The Labute approximate surface area is 241 Å². The lowest BCUT2D eigenvalue weighted by molar-refractivity contribution is 0.421. The molecular weight excluding hydrogens is 488 g/mol. The Balaban J connectivity index is 1.68. The third kappa shape index (κ3) is 6.59. The highest BCUT2D eigenvalue weighted by atomic mass is 15.0. The molecule has 0 spiro atoms. The van der Waals surface area contributed by atoms with Crippen molar-refractivity contribution in [1.29, 1.82) is 0 Å². The van der Waals surface area contributed by atoms with Crippen molar-refractivity contribution in [1.82, 2.24) is 10.3 Å². The minimum absolute atomic E-state index is 0.0977. The van der Waals surface area contributed by atoms with E-state index in [1.807, 2.05) is 0 Å². The summed E-state index contributed by atoms with van der Waals surface area (Å²) in [4.78, 5) is 13.9. The molecule has 1 atom stereocenters. The predicted molar refractivity (Wildman–Crippen MR) is 172 cm³/mol. The topological polar surface area (TPSA) is 52.5 Å². The lowest BCUT2D eigenvalue weighted by Crippen LogP contribution is -2.38. The van der Waals surface area contributed by atoms with Crippen molar-refractivity contribution < 1.29 is 0 Å². The number of unbranched alkanes of at least 4 members (excludes halogenated alkanes) is 4. The van der Waals surface area contributed by atoms with Crippen LogP contribution >= 0.6 is 0 Å². The minimum Gasteiger partial charge on any atom is -0.376 e. The van der Waals surface area contributed by atoms with Crippen LogP contribution in [0.5, 0.6) is 0 Å². The van der Waals surface area contributed by atoms with E-state index < -0.39 is 0 Å². The van der Waals surface area contributed by atoms with Gasteiger partial charge in [0.1, 0.15) is 0 Å². The van der Waals surface area contributed by atoms with Gasteiger partial charge in [-0.05, 0) is 117 Å². The second-order valence-electron chi connectivity index (χ2n) is 12.0. The summed E-state index contributed by atoms with van der Waals surface area (Å²) in [5.41, 5.74) is 9.68. The Morgan fingerprint density at radius 1 is 0.775 bits per heavy atom. The first-order valence-electron chi connectivity index (χ1n) is 16.0. The van der Waals surface area contributed by atoms with E-state index in [1.54, 1.807) is 5.57 Å².